The summed E-state index contributed by atoms with van der Waals surface area (Å²) < 4.78 is 68.5. The molecule has 0 aromatic heterocycles. The van der Waals surface area contributed by atoms with Gasteiger partial charge in [-0.05, 0) is 49.4 Å². The van der Waals surface area contributed by atoms with Gasteiger partial charge in [-0.2, -0.15) is 0 Å². The van der Waals surface area contributed by atoms with Crippen LogP contribution in [0.1, 0.15) is 376 Å². The third-order valence-electron chi connectivity index (χ3n) is 17.3. The van der Waals surface area contributed by atoms with E-state index in [-0.39, 0.29) is 25.7 Å². The monoisotopic (exact) mass is 1380 g/mol. The molecule has 19 heteroatoms. The molecular formula is C75H146O17P2. The number of carbonyl (C=O) groups excluding carboxylic acids is 4. The summed E-state index contributed by atoms with van der Waals surface area (Å²) in [6, 6.07) is 0. The van der Waals surface area contributed by atoms with E-state index in [4.69, 9.17) is 37.0 Å². The molecule has 5 atom stereocenters. The van der Waals surface area contributed by atoms with Gasteiger partial charge in [0.2, 0.25) is 0 Å². The Labute approximate surface area is 575 Å². The van der Waals surface area contributed by atoms with Crippen LogP contribution in [0.15, 0.2) is 0 Å². The van der Waals surface area contributed by atoms with E-state index in [1.165, 1.54) is 180 Å². The normalized spacial score (nSPS) is 14.2. The van der Waals surface area contributed by atoms with Crippen molar-refractivity contribution in [2.75, 3.05) is 39.6 Å². The second-order valence-electron chi connectivity index (χ2n) is 28.9. The van der Waals surface area contributed by atoms with Crippen molar-refractivity contribution < 1.29 is 80.2 Å². The largest absolute Gasteiger partial charge is 0.472 e. The van der Waals surface area contributed by atoms with Crippen molar-refractivity contribution in [1.82, 2.24) is 0 Å². The fourth-order valence-corrected chi connectivity index (χ4v) is 13.0. The Kier molecular flexibility index (Phi) is 63.1. The fourth-order valence-electron chi connectivity index (χ4n) is 11.4. The van der Waals surface area contributed by atoms with Gasteiger partial charge in [-0.25, -0.2) is 9.13 Å². The summed E-state index contributed by atoms with van der Waals surface area (Å²) in [5.74, 6) is 0.907. The van der Waals surface area contributed by atoms with Crippen molar-refractivity contribution in [2.24, 2.45) is 23.7 Å². The molecule has 0 saturated heterocycles. The van der Waals surface area contributed by atoms with Gasteiger partial charge in [0.25, 0.3) is 0 Å². The quantitative estimate of drug-likeness (QED) is 0.0222. The van der Waals surface area contributed by atoms with Gasteiger partial charge in [0, 0.05) is 25.7 Å². The van der Waals surface area contributed by atoms with Gasteiger partial charge in [0.1, 0.15) is 19.3 Å². The molecule has 0 aromatic carbocycles. The highest BCUT2D eigenvalue weighted by atomic mass is 31.2. The van der Waals surface area contributed by atoms with Gasteiger partial charge in [-0.15, -0.1) is 0 Å². The van der Waals surface area contributed by atoms with E-state index in [9.17, 15) is 43.2 Å². The summed E-state index contributed by atoms with van der Waals surface area (Å²) in [4.78, 5) is 72.8. The van der Waals surface area contributed by atoms with E-state index < -0.39 is 97.5 Å². The Morgan fingerprint density at radius 1 is 0.266 bits per heavy atom. The summed E-state index contributed by atoms with van der Waals surface area (Å²) in [7, 11) is -9.91. The smallest absolute Gasteiger partial charge is 0.462 e. The summed E-state index contributed by atoms with van der Waals surface area (Å²) in [6.07, 6.45) is 48.6. The van der Waals surface area contributed by atoms with Gasteiger partial charge in [0.15, 0.2) is 12.2 Å². The highest BCUT2D eigenvalue weighted by Crippen LogP contribution is 2.45. The van der Waals surface area contributed by atoms with E-state index in [1.54, 1.807) is 0 Å². The molecule has 3 unspecified atom stereocenters. The van der Waals surface area contributed by atoms with Gasteiger partial charge >= 0.3 is 39.5 Å². The van der Waals surface area contributed by atoms with Crippen LogP contribution in [-0.4, -0.2) is 96.7 Å². The van der Waals surface area contributed by atoms with Crippen LogP contribution < -0.4 is 0 Å². The Bertz CT molecular complexity index is 1850. The number of phosphoric ester groups is 2. The lowest BCUT2D eigenvalue weighted by atomic mass is 10.0. The van der Waals surface area contributed by atoms with Gasteiger partial charge in [0.05, 0.1) is 26.4 Å². The first-order valence-electron chi connectivity index (χ1n) is 38.7. The molecule has 0 aliphatic heterocycles. The molecule has 0 aromatic rings. The highest BCUT2D eigenvalue weighted by molar-refractivity contribution is 7.47. The second-order valence-corrected chi connectivity index (χ2v) is 31.9. The maximum absolute atomic E-state index is 13.1. The van der Waals surface area contributed by atoms with Gasteiger partial charge in [-0.1, -0.05) is 325 Å². The van der Waals surface area contributed by atoms with Crippen molar-refractivity contribution in [1.29, 1.82) is 0 Å². The lowest BCUT2D eigenvalue weighted by Crippen LogP contribution is -2.30. The van der Waals surface area contributed by atoms with E-state index in [2.05, 4.69) is 55.4 Å². The first-order chi connectivity index (χ1) is 45.1. The van der Waals surface area contributed by atoms with Crippen LogP contribution in [0.3, 0.4) is 0 Å². The number of aliphatic hydroxyl groups excluding tert-OH is 1. The highest BCUT2D eigenvalue weighted by Gasteiger charge is 2.30. The molecule has 0 heterocycles. The number of esters is 4. The second kappa shape index (κ2) is 64.4. The number of phosphoric acid groups is 2. The van der Waals surface area contributed by atoms with Crippen LogP contribution in [0.4, 0.5) is 0 Å². The lowest BCUT2D eigenvalue weighted by molar-refractivity contribution is -0.161. The number of rotatable bonds is 72. The van der Waals surface area contributed by atoms with Crippen molar-refractivity contribution in [2.45, 2.75) is 395 Å². The Balaban J connectivity index is 5.25. The van der Waals surface area contributed by atoms with E-state index >= 15 is 0 Å². The van der Waals surface area contributed by atoms with E-state index in [0.717, 1.165) is 114 Å². The third-order valence-corrected chi connectivity index (χ3v) is 19.2. The summed E-state index contributed by atoms with van der Waals surface area (Å²) in [5, 5.41) is 10.6. The summed E-state index contributed by atoms with van der Waals surface area (Å²) >= 11 is 0. The van der Waals surface area contributed by atoms with Crippen LogP contribution in [0.25, 0.3) is 0 Å². The van der Waals surface area contributed by atoms with Crippen molar-refractivity contribution in [3.8, 4) is 0 Å². The minimum absolute atomic E-state index is 0.105. The Morgan fingerprint density at radius 2 is 0.447 bits per heavy atom. The summed E-state index contributed by atoms with van der Waals surface area (Å²) in [5.41, 5.74) is 0. The molecule has 0 amide bonds. The van der Waals surface area contributed by atoms with Crippen LogP contribution in [-0.2, 0) is 65.4 Å². The molecule has 0 spiro atoms. The topological polar surface area (TPSA) is 237 Å². The zero-order valence-corrected chi connectivity index (χ0v) is 63.4. The molecule has 94 heavy (non-hydrogen) atoms. The van der Waals surface area contributed by atoms with Crippen molar-refractivity contribution >= 4 is 39.5 Å². The molecule has 0 radical (unpaired) electrons. The zero-order chi connectivity index (χ0) is 69.6. The predicted molar refractivity (Wildman–Crippen MR) is 381 cm³/mol. The third kappa shape index (κ3) is 68.6. The molecule has 0 aliphatic carbocycles. The minimum atomic E-state index is -4.96. The van der Waals surface area contributed by atoms with Crippen molar-refractivity contribution in [3.05, 3.63) is 0 Å². The maximum Gasteiger partial charge on any atom is 0.472 e. The Hall–Kier alpha value is -1.94. The number of carbonyl (C=O) groups is 4. The molecule has 558 valence electrons. The number of ether oxygens (including phenoxy) is 4. The molecule has 17 nitrogen and oxygen atoms in total. The number of aliphatic hydroxyl groups is 1. The molecule has 0 bridgehead atoms. The van der Waals surface area contributed by atoms with Crippen LogP contribution in [0.5, 0.6) is 0 Å². The average molecular weight is 1380 g/mol. The molecular weight excluding hydrogens is 1230 g/mol. The van der Waals surface area contributed by atoms with E-state index in [1.807, 2.05) is 0 Å². The zero-order valence-electron chi connectivity index (χ0n) is 61.6. The molecule has 0 saturated carbocycles. The average Bonchev–Trinajstić information content (AvgIpc) is 1.18. The fraction of sp³-hybridized carbons (Fsp3) is 0.947. The molecule has 0 fully saturated rings. The standard InChI is InChI=1S/C75H146O17P2/c1-65(2)51-43-35-27-19-13-11-9-10-12-14-22-31-39-47-55-72(77)85-61-70(91-74(79)57-49-41-33-23-17-15-20-28-36-44-52-66(3)4)63-89-93(81,82)87-59-69(76)60-88-94(83,84)90-64-71(62-86-73(78)56-48-40-32-26-25-30-38-46-54-68(7)8)92-75(80)58-50-42-34-24-18-16-21-29-37-45-53-67(5)6/h65-71,76H,9-64H2,1-8H3,(H,81,82)(H,83,84)/t69?,70-,71-/m1/s1. The molecule has 0 rings (SSSR count). The SMILES string of the molecule is CC(C)CCCCCCCCCCCCCCCCC(=O)OC[C@H](COP(=O)(O)OCC(O)COP(=O)(O)OC[C@@H](COC(=O)CCCCCCCCCCC(C)C)OC(=O)CCCCCCCCCCCCC(C)C)OC(=O)CCCCCCCCCCCCC(C)C. The van der Waals surface area contributed by atoms with Crippen LogP contribution in [0, 0.1) is 23.7 Å². The van der Waals surface area contributed by atoms with Crippen LogP contribution >= 0.6 is 15.6 Å². The van der Waals surface area contributed by atoms with Gasteiger partial charge < -0.3 is 33.8 Å². The van der Waals surface area contributed by atoms with Crippen molar-refractivity contribution in [3.63, 3.8) is 0 Å². The lowest BCUT2D eigenvalue weighted by Gasteiger charge is -2.21. The first kappa shape index (κ1) is 92.1. The Morgan fingerprint density at radius 3 is 0.660 bits per heavy atom. The number of hydrogen-bond acceptors (Lipinski definition) is 15. The molecule has 0 aliphatic rings. The number of unbranched alkanes of at least 4 members (excludes halogenated alkanes) is 38. The van der Waals surface area contributed by atoms with Gasteiger partial charge in [-0.3, -0.25) is 37.3 Å². The van der Waals surface area contributed by atoms with E-state index in [0.29, 0.717) is 25.7 Å². The maximum atomic E-state index is 13.1. The molecule has 3 N–H and O–H groups in total. The summed E-state index contributed by atoms with van der Waals surface area (Å²) in [6.45, 7) is 14.2. The first-order valence-corrected chi connectivity index (χ1v) is 41.7. The number of hydrogen-bond donors (Lipinski definition) is 3. The van der Waals surface area contributed by atoms with Crippen LogP contribution in [0.2, 0.25) is 0 Å². The predicted octanol–water partition coefficient (Wildman–Crippen LogP) is 21.7. The minimum Gasteiger partial charge on any atom is -0.462 e.